The molecule has 0 amide bonds. The first-order chi connectivity index (χ1) is 13.6. The number of carbonyl (C=O) groups excluding carboxylic acids is 2. The SMILES string of the molecule is COC(=O)c1ccccc1N=C1C=C(Nc2ccccc2C(=O)OC)CCC1. The maximum atomic E-state index is 12.0. The van der Waals surface area contributed by atoms with Crippen LogP contribution >= 0.6 is 0 Å². The van der Waals surface area contributed by atoms with Crippen LogP contribution in [0.1, 0.15) is 40.0 Å². The summed E-state index contributed by atoms with van der Waals surface area (Å²) in [5, 5.41) is 3.32. The van der Waals surface area contributed by atoms with Crippen LogP contribution in [0.4, 0.5) is 11.4 Å². The molecule has 0 spiro atoms. The molecule has 0 bridgehead atoms. The van der Waals surface area contributed by atoms with Gasteiger partial charge in [-0.25, -0.2) is 9.59 Å². The first-order valence-corrected chi connectivity index (χ1v) is 9.02. The highest BCUT2D eigenvalue weighted by Gasteiger charge is 2.16. The van der Waals surface area contributed by atoms with Gasteiger partial charge in [-0.2, -0.15) is 0 Å². The number of aliphatic imine (C=N–C) groups is 1. The Bertz CT molecular complexity index is 947. The smallest absolute Gasteiger partial charge is 0.340 e. The number of para-hydroxylation sites is 2. The zero-order valence-corrected chi connectivity index (χ0v) is 15.9. The molecular formula is C22H22N2O4. The number of rotatable bonds is 5. The summed E-state index contributed by atoms with van der Waals surface area (Å²) in [4.78, 5) is 28.6. The Kier molecular flexibility index (Phi) is 6.22. The fourth-order valence-electron chi connectivity index (χ4n) is 3.05. The number of nitrogens with one attached hydrogen (secondary N) is 1. The summed E-state index contributed by atoms with van der Waals surface area (Å²) >= 11 is 0. The van der Waals surface area contributed by atoms with E-state index < -0.39 is 5.97 Å². The van der Waals surface area contributed by atoms with Crippen molar-refractivity contribution in [2.24, 2.45) is 4.99 Å². The Balaban J connectivity index is 1.88. The van der Waals surface area contributed by atoms with Crippen LogP contribution in [-0.4, -0.2) is 31.9 Å². The molecule has 0 aromatic heterocycles. The van der Waals surface area contributed by atoms with E-state index in [4.69, 9.17) is 9.47 Å². The molecule has 0 unspecified atom stereocenters. The molecule has 3 rings (SSSR count). The van der Waals surface area contributed by atoms with Crippen molar-refractivity contribution in [2.45, 2.75) is 19.3 Å². The molecule has 0 atom stereocenters. The molecule has 0 aliphatic heterocycles. The van der Waals surface area contributed by atoms with Crippen LogP contribution in [0.3, 0.4) is 0 Å². The normalized spacial score (nSPS) is 14.9. The molecule has 0 fully saturated rings. The molecule has 1 aliphatic rings. The van der Waals surface area contributed by atoms with E-state index in [0.29, 0.717) is 22.5 Å². The van der Waals surface area contributed by atoms with Crippen LogP contribution in [0.15, 0.2) is 65.3 Å². The second kappa shape index (κ2) is 8.99. The number of hydrogen-bond donors (Lipinski definition) is 1. The van der Waals surface area contributed by atoms with Crippen LogP contribution in [0.2, 0.25) is 0 Å². The minimum atomic E-state index is -0.412. The minimum Gasteiger partial charge on any atom is -0.465 e. The van der Waals surface area contributed by atoms with Crippen molar-refractivity contribution in [3.05, 3.63) is 71.4 Å². The second-order valence-electron chi connectivity index (χ2n) is 6.30. The Morgan fingerprint density at radius 3 is 2.29 bits per heavy atom. The minimum absolute atomic E-state index is 0.389. The summed E-state index contributed by atoms with van der Waals surface area (Å²) in [6.45, 7) is 0. The zero-order valence-electron chi connectivity index (χ0n) is 15.9. The van der Waals surface area contributed by atoms with Gasteiger partial charge < -0.3 is 14.8 Å². The van der Waals surface area contributed by atoms with Crippen LogP contribution in [0.25, 0.3) is 0 Å². The highest BCUT2D eigenvalue weighted by atomic mass is 16.5. The summed E-state index contributed by atoms with van der Waals surface area (Å²) in [7, 11) is 2.72. The number of ether oxygens (including phenoxy) is 2. The Hall–Kier alpha value is -3.41. The quantitative estimate of drug-likeness (QED) is 0.775. The lowest BCUT2D eigenvalue weighted by atomic mass is 10.0. The van der Waals surface area contributed by atoms with E-state index in [1.165, 1.54) is 14.2 Å². The third kappa shape index (κ3) is 4.46. The summed E-state index contributed by atoms with van der Waals surface area (Å²) in [6, 6.07) is 14.3. The molecule has 0 radical (unpaired) electrons. The number of carbonyl (C=O) groups is 2. The predicted octanol–water partition coefficient (Wildman–Crippen LogP) is 4.51. The molecule has 6 nitrogen and oxygen atoms in total. The fourth-order valence-corrected chi connectivity index (χ4v) is 3.05. The Morgan fingerprint density at radius 1 is 0.893 bits per heavy atom. The van der Waals surface area contributed by atoms with E-state index in [9.17, 15) is 9.59 Å². The summed E-state index contributed by atoms with van der Waals surface area (Å²) in [6.07, 6.45) is 4.52. The number of nitrogens with zero attached hydrogens (tertiary/aromatic N) is 1. The number of esters is 2. The third-order valence-corrected chi connectivity index (χ3v) is 4.42. The molecule has 28 heavy (non-hydrogen) atoms. The van der Waals surface area contributed by atoms with Crippen LogP contribution in [-0.2, 0) is 9.47 Å². The van der Waals surface area contributed by atoms with Gasteiger partial charge in [0.1, 0.15) is 0 Å². The predicted molar refractivity (Wildman–Crippen MR) is 108 cm³/mol. The van der Waals surface area contributed by atoms with E-state index >= 15 is 0 Å². The van der Waals surface area contributed by atoms with Crippen molar-refractivity contribution >= 4 is 29.0 Å². The van der Waals surface area contributed by atoms with Gasteiger partial charge in [-0.1, -0.05) is 24.3 Å². The van der Waals surface area contributed by atoms with E-state index in [2.05, 4.69) is 10.3 Å². The summed E-state index contributed by atoms with van der Waals surface area (Å²) in [5.41, 5.74) is 4.00. The average molecular weight is 378 g/mol. The molecule has 0 saturated carbocycles. The molecule has 2 aromatic rings. The van der Waals surface area contributed by atoms with Gasteiger partial charge in [-0.15, -0.1) is 0 Å². The fraction of sp³-hybridized carbons (Fsp3) is 0.227. The average Bonchev–Trinajstić information content (AvgIpc) is 2.73. The number of hydrogen-bond acceptors (Lipinski definition) is 6. The van der Waals surface area contributed by atoms with Gasteiger partial charge >= 0.3 is 11.9 Å². The molecule has 1 aliphatic carbocycles. The Labute approximate surface area is 163 Å². The van der Waals surface area contributed by atoms with E-state index in [1.807, 2.05) is 24.3 Å². The first kappa shape index (κ1) is 19.4. The highest BCUT2D eigenvalue weighted by molar-refractivity contribution is 6.02. The molecule has 0 saturated heterocycles. The summed E-state index contributed by atoms with van der Waals surface area (Å²) in [5.74, 6) is -0.800. The van der Waals surface area contributed by atoms with Gasteiger partial charge in [0.2, 0.25) is 0 Å². The van der Waals surface area contributed by atoms with E-state index in [-0.39, 0.29) is 5.97 Å². The van der Waals surface area contributed by atoms with E-state index in [0.717, 1.165) is 30.7 Å². The lowest BCUT2D eigenvalue weighted by molar-refractivity contribution is 0.0593. The van der Waals surface area contributed by atoms with Crippen molar-refractivity contribution < 1.29 is 19.1 Å². The van der Waals surface area contributed by atoms with Crippen LogP contribution < -0.4 is 5.32 Å². The molecule has 2 aromatic carbocycles. The van der Waals surface area contributed by atoms with Crippen LogP contribution in [0, 0.1) is 0 Å². The number of methoxy groups -OCH3 is 2. The largest absolute Gasteiger partial charge is 0.465 e. The highest BCUT2D eigenvalue weighted by Crippen LogP contribution is 2.26. The first-order valence-electron chi connectivity index (χ1n) is 9.02. The molecular weight excluding hydrogens is 356 g/mol. The monoisotopic (exact) mass is 378 g/mol. The van der Waals surface area contributed by atoms with Gasteiger partial charge in [0, 0.05) is 11.4 Å². The number of anilines is 1. The third-order valence-electron chi connectivity index (χ3n) is 4.42. The maximum absolute atomic E-state index is 12.0. The van der Waals surface area contributed by atoms with Crippen molar-refractivity contribution in [1.82, 2.24) is 0 Å². The van der Waals surface area contributed by atoms with Crippen LogP contribution in [0.5, 0.6) is 0 Å². The molecule has 0 heterocycles. The van der Waals surface area contributed by atoms with E-state index in [1.54, 1.807) is 30.3 Å². The van der Waals surface area contributed by atoms with Gasteiger partial charge in [-0.3, -0.25) is 4.99 Å². The van der Waals surface area contributed by atoms with Crippen molar-refractivity contribution in [2.75, 3.05) is 19.5 Å². The molecule has 144 valence electrons. The van der Waals surface area contributed by atoms with Crippen molar-refractivity contribution in [3.8, 4) is 0 Å². The standard InChI is InChI=1S/C22H22N2O4/c1-27-21(25)17-10-3-5-12-19(17)23-15-8-7-9-16(14-15)24-20-13-6-4-11-18(20)22(26)28-2/h3-6,10-14,23H,7-9H2,1-2H3. The lowest BCUT2D eigenvalue weighted by Gasteiger charge is -2.18. The molecule has 1 N–H and O–H groups in total. The topological polar surface area (TPSA) is 77.0 Å². The lowest BCUT2D eigenvalue weighted by Crippen LogP contribution is -2.12. The number of benzene rings is 2. The Morgan fingerprint density at radius 2 is 1.54 bits per heavy atom. The van der Waals surface area contributed by atoms with Gasteiger partial charge in [0.05, 0.1) is 36.7 Å². The van der Waals surface area contributed by atoms with Gasteiger partial charge in [0.25, 0.3) is 0 Å². The van der Waals surface area contributed by atoms with Crippen molar-refractivity contribution in [1.29, 1.82) is 0 Å². The number of allylic oxidation sites excluding steroid dienone is 2. The molecule has 6 heteroatoms. The van der Waals surface area contributed by atoms with Gasteiger partial charge in [0.15, 0.2) is 0 Å². The summed E-state index contributed by atoms with van der Waals surface area (Å²) < 4.78 is 9.68. The maximum Gasteiger partial charge on any atom is 0.340 e. The second-order valence-corrected chi connectivity index (χ2v) is 6.30. The van der Waals surface area contributed by atoms with Crippen molar-refractivity contribution in [3.63, 3.8) is 0 Å². The zero-order chi connectivity index (χ0) is 19.9. The van der Waals surface area contributed by atoms with Gasteiger partial charge in [-0.05, 0) is 49.6 Å².